The smallest absolute Gasteiger partial charge is 0.262 e. The molecule has 0 aliphatic carbocycles. The Balaban J connectivity index is 1.49. The number of ether oxygens (including phenoxy) is 3. The number of nitrogens with one attached hydrogen (secondary N) is 1. The number of hydrogen-bond donors (Lipinski definition) is 1. The SMILES string of the molecule is Cc1cc(Br)ccc1OCC(=O)Nc1cccc(OCC2CCCO2)c1. The molecule has 3 rings (SSSR count). The average molecular weight is 420 g/mol. The van der Waals surface area contributed by atoms with Gasteiger partial charge in [-0.3, -0.25) is 4.79 Å². The van der Waals surface area contributed by atoms with Gasteiger partial charge >= 0.3 is 0 Å². The van der Waals surface area contributed by atoms with E-state index in [9.17, 15) is 4.79 Å². The number of carbonyl (C=O) groups is 1. The van der Waals surface area contributed by atoms with Gasteiger partial charge in [0, 0.05) is 22.8 Å². The molecule has 1 fully saturated rings. The van der Waals surface area contributed by atoms with Crippen molar-refractivity contribution < 1.29 is 19.0 Å². The molecule has 1 aliphatic rings. The number of aryl methyl sites for hydroxylation is 1. The van der Waals surface area contributed by atoms with E-state index in [1.54, 1.807) is 6.07 Å². The third-order valence-electron chi connectivity index (χ3n) is 4.07. The highest BCUT2D eigenvalue weighted by Gasteiger charge is 2.16. The number of amides is 1. The summed E-state index contributed by atoms with van der Waals surface area (Å²) in [4.78, 5) is 12.1. The highest BCUT2D eigenvalue weighted by atomic mass is 79.9. The van der Waals surface area contributed by atoms with Crippen molar-refractivity contribution in [1.82, 2.24) is 0 Å². The van der Waals surface area contributed by atoms with Crippen LogP contribution in [0, 0.1) is 6.92 Å². The molecule has 2 aromatic carbocycles. The molecule has 1 atom stereocenters. The summed E-state index contributed by atoms with van der Waals surface area (Å²) in [5.74, 6) is 1.18. The molecule has 1 unspecified atom stereocenters. The van der Waals surface area contributed by atoms with Crippen molar-refractivity contribution in [2.75, 3.05) is 25.1 Å². The van der Waals surface area contributed by atoms with E-state index in [4.69, 9.17) is 14.2 Å². The summed E-state index contributed by atoms with van der Waals surface area (Å²) < 4.78 is 17.9. The zero-order chi connectivity index (χ0) is 18.4. The molecule has 138 valence electrons. The Bertz CT molecular complexity index is 759. The zero-order valence-electron chi connectivity index (χ0n) is 14.7. The minimum atomic E-state index is -0.219. The van der Waals surface area contributed by atoms with Crippen LogP contribution in [0.3, 0.4) is 0 Å². The topological polar surface area (TPSA) is 56.8 Å². The lowest BCUT2D eigenvalue weighted by Gasteiger charge is -2.13. The molecule has 0 bridgehead atoms. The minimum absolute atomic E-state index is 0.0521. The molecule has 1 amide bonds. The summed E-state index contributed by atoms with van der Waals surface area (Å²) in [6.07, 6.45) is 2.28. The van der Waals surface area contributed by atoms with Gasteiger partial charge in [0.15, 0.2) is 6.61 Å². The quantitative estimate of drug-likeness (QED) is 0.725. The highest BCUT2D eigenvalue weighted by molar-refractivity contribution is 9.10. The molecule has 0 radical (unpaired) electrons. The first-order valence-electron chi connectivity index (χ1n) is 8.63. The molecule has 1 N–H and O–H groups in total. The van der Waals surface area contributed by atoms with Gasteiger partial charge in [-0.2, -0.15) is 0 Å². The lowest BCUT2D eigenvalue weighted by atomic mass is 10.2. The van der Waals surface area contributed by atoms with Crippen molar-refractivity contribution in [2.24, 2.45) is 0 Å². The van der Waals surface area contributed by atoms with E-state index in [0.717, 1.165) is 29.5 Å². The second kappa shape index (κ2) is 9.05. The summed E-state index contributed by atoms with van der Waals surface area (Å²) in [6.45, 7) is 3.22. The van der Waals surface area contributed by atoms with Gasteiger partial charge < -0.3 is 19.5 Å². The first-order valence-corrected chi connectivity index (χ1v) is 9.43. The van der Waals surface area contributed by atoms with E-state index in [1.165, 1.54) is 0 Å². The van der Waals surface area contributed by atoms with Crippen molar-refractivity contribution in [2.45, 2.75) is 25.9 Å². The number of rotatable bonds is 7. The van der Waals surface area contributed by atoms with Gasteiger partial charge in [-0.25, -0.2) is 0 Å². The van der Waals surface area contributed by atoms with Gasteiger partial charge in [0.25, 0.3) is 5.91 Å². The predicted molar refractivity (Wildman–Crippen MR) is 104 cm³/mol. The van der Waals surface area contributed by atoms with Crippen molar-refractivity contribution in [1.29, 1.82) is 0 Å². The largest absolute Gasteiger partial charge is 0.491 e. The second-order valence-electron chi connectivity index (χ2n) is 6.22. The lowest BCUT2D eigenvalue weighted by molar-refractivity contribution is -0.118. The number of benzene rings is 2. The molecular formula is C20H22BrNO4. The maximum Gasteiger partial charge on any atom is 0.262 e. The van der Waals surface area contributed by atoms with Crippen LogP contribution in [0.5, 0.6) is 11.5 Å². The van der Waals surface area contributed by atoms with Crippen LogP contribution >= 0.6 is 15.9 Å². The van der Waals surface area contributed by atoms with Crippen LogP contribution in [-0.2, 0) is 9.53 Å². The monoisotopic (exact) mass is 419 g/mol. The first-order chi connectivity index (χ1) is 12.6. The Labute approximate surface area is 161 Å². The fraction of sp³-hybridized carbons (Fsp3) is 0.350. The summed E-state index contributed by atoms with van der Waals surface area (Å²) >= 11 is 3.41. The fourth-order valence-electron chi connectivity index (χ4n) is 2.74. The maximum absolute atomic E-state index is 12.1. The molecule has 6 heteroatoms. The molecule has 0 aromatic heterocycles. The van der Waals surface area contributed by atoms with E-state index >= 15 is 0 Å². The Morgan fingerprint density at radius 3 is 2.92 bits per heavy atom. The normalized spacial score (nSPS) is 16.3. The van der Waals surface area contributed by atoms with E-state index in [0.29, 0.717) is 23.8 Å². The Hall–Kier alpha value is -2.05. The summed E-state index contributed by atoms with van der Waals surface area (Å²) in [6, 6.07) is 13.0. The summed E-state index contributed by atoms with van der Waals surface area (Å²) in [5, 5.41) is 2.83. The van der Waals surface area contributed by atoms with Gasteiger partial charge in [0.2, 0.25) is 0 Å². The van der Waals surface area contributed by atoms with Crippen molar-refractivity contribution in [3.63, 3.8) is 0 Å². The molecule has 1 aliphatic heterocycles. The number of carbonyl (C=O) groups excluding carboxylic acids is 1. The van der Waals surface area contributed by atoms with Gasteiger partial charge in [0.05, 0.1) is 6.10 Å². The minimum Gasteiger partial charge on any atom is -0.491 e. The van der Waals surface area contributed by atoms with E-state index in [-0.39, 0.29) is 18.6 Å². The Morgan fingerprint density at radius 2 is 2.15 bits per heavy atom. The van der Waals surface area contributed by atoms with Gasteiger partial charge in [-0.05, 0) is 55.7 Å². The van der Waals surface area contributed by atoms with Crippen LogP contribution in [0.1, 0.15) is 18.4 Å². The molecule has 1 saturated heterocycles. The zero-order valence-corrected chi connectivity index (χ0v) is 16.3. The van der Waals surface area contributed by atoms with Crippen LogP contribution in [0.25, 0.3) is 0 Å². The number of hydrogen-bond acceptors (Lipinski definition) is 4. The van der Waals surface area contributed by atoms with Crippen molar-refractivity contribution >= 4 is 27.5 Å². The van der Waals surface area contributed by atoms with Crippen LogP contribution in [-0.4, -0.2) is 31.8 Å². The van der Waals surface area contributed by atoms with Crippen molar-refractivity contribution in [3.05, 3.63) is 52.5 Å². The molecule has 2 aromatic rings. The highest BCUT2D eigenvalue weighted by Crippen LogP contribution is 2.23. The van der Waals surface area contributed by atoms with Crippen LogP contribution < -0.4 is 14.8 Å². The molecule has 0 spiro atoms. The van der Waals surface area contributed by atoms with Gasteiger partial charge in [-0.15, -0.1) is 0 Å². The van der Waals surface area contributed by atoms with Crippen molar-refractivity contribution in [3.8, 4) is 11.5 Å². The third-order valence-corrected chi connectivity index (χ3v) is 4.57. The lowest BCUT2D eigenvalue weighted by Crippen LogP contribution is -2.20. The van der Waals surface area contributed by atoms with Crippen LogP contribution in [0.2, 0.25) is 0 Å². The third kappa shape index (κ3) is 5.47. The Kier molecular flexibility index (Phi) is 6.52. The van der Waals surface area contributed by atoms with Gasteiger partial charge in [-0.1, -0.05) is 22.0 Å². The maximum atomic E-state index is 12.1. The first kappa shape index (κ1) is 18.7. The van der Waals surface area contributed by atoms with Gasteiger partial charge in [0.1, 0.15) is 18.1 Å². The second-order valence-corrected chi connectivity index (χ2v) is 7.14. The standard InChI is InChI=1S/C20H22BrNO4/c1-14-10-15(21)7-8-19(14)26-13-20(23)22-16-4-2-5-17(11-16)25-12-18-6-3-9-24-18/h2,4-5,7-8,10-11,18H,3,6,9,12-13H2,1H3,(H,22,23). The molecule has 0 saturated carbocycles. The summed E-state index contributed by atoms with van der Waals surface area (Å²) in [7, 11) is 0. The van der Waals surface area contributed by atoms with E-state index < -0.39 is 0 Å². The molecule has 5 nitrogen and oxygen atoms in total. The van der Waals surface area contributed by atoms with E-state index in [2.05, 4.69) is 21.2 Å². The summed E-state index contributed by atoms with van der Waals surface area (Å²) in [5.41, 5.74) is 1.65. The average Bonchev–Trinajstić information content (AvgIpc) is 3.13. The predicted octanol–water partition coefficient (Wildman–Crippen LogP) is 4.33. The van der Waals surface area contributed by atoms with Crippen LogP contribution in [0.4, 0.5) is 5.69 Å². The molecular weight excluding hydrogens is 398 g/mol. The molecule has 1 heterocycles. The number of anilines is 1. The van der Waals surface area contributed by atoms with E-state index in [1.807, 2.05) is 43.3 Å². The number of halogens is 1. The fourth-order valence-corrected chi connectivity index (χ4v) is 3.22. The van der Waals surface area contributed by atoms with Crippen LogP contribution in [0.15, 0.2) is 46.9 Å². The Morgan fingerprint density at radius 1 is 1.27 bits per heavy atom. The molecule has 26 heavy (non-hydrogen) atoms.